The molecule has 0 aromatic carbocycles. The van der Waals surface area contributed by atoms with Crippen LogP contribution in [0, 0.1) is 0 Å². The van der Waals surface area contributed by atoms with Gasteiger partial charge in [0.25, 0.3) is 0 Å². The maximum atomic E-state index is 5.47. The van der Waals surface area contributed by atoms with Crippen LogP contribution in [0.5, 0.6) is 5.88 Å². The van der Waals surface area contributed by atoms with Crippen molar-refractivity contribution in [3.8, 4) is 5.88 Å². The highest BCUT2D eigenvalue weighted by Crippen LogP contribution is 2.11. The van der Waals surface area contributed by atoms with Crippen molar-refractivity contribution in [2.45, 2.75) is 19.9 Å². The molecule has 0 bridgehead atoms. The van der Waals surface area contributed by atoms with Crippen LogP contribution in [0.15, 0.2) is 12.3 Å². The third-order valence-corrected chi connectivity index (χ3v) is 1.43. The zero-order valence-corrected chi connectivity index (χ0v) is 7.16. The molecule has 2 N–H and O–H groups in total. The molecule has 0 saturated carbocycles. The molecule has 0 aliphatic rings. The van der Waals surface area contributed by atoms with Crippen LogP contribution in [0.2, 0.25) is 0 Å². The third-order valence-electron chi connectivity index (χ3n) is 1.43. The molecular formula is C8H13N3O. The molecule has 0 radical (unpaired) electrons. The van der Waals surface area contributed by atoms with Crippen LogP contribution in [0.25, 0.3) is 0 Å². The van der Waals surface area contributed by atoms with Gasteiger partial charge in [-0.25, -0.2) is 0 Å². The highest BCUT2D eigenvalue weighted by Gasteiger charge is 2.01. The van der Waals surface area contributed by atoms with Gasteiger partial charge in [-0.15, -0.1) is 5.10 Å². The maximum Gasteiger partial charge on any atom is 0.237 e. The number of ether oxygens (including phenoxy) is 1. The molecule has 0 fully saturated rings. The number of rotatable bonds is 4. The van der Waals surface area contributed by atoms with Crippen LogP contribution < -0.4 is 10.5 Å². The summed E-state index contributed by atoms with van der Waals surface area (Å²) in [5.41, 5.74) is 6.38. The molecule has 0 aliphatic heterocycles. The van der Waals surface area contributed by atoms with Gasteiger partial charge in [0.15, 0.2) is 0 Å². The van der Waals surface area contributed by atoms with Gasteiger partial charge >= 0.3 is 0 Å². The molecule has 4 nitrogen and oxygen atoms in total. The second-order valence-electron chi connectivity index (χ2n) is 2.41. The Hall–Kier alpha value is -1.16. The first kappa shape index (κ1) is 8.93. The molecule has 12 heavy (non-hydrogen) atoms. The number of aromatic nitrogens is 2. The summed E-state index contributed by atoms with van der Waals surface area (Å²) in [6.07, 6.45) is 2.57. The first-order valence-corrected chi connectivity index (χ1v) is 4.02. The Morgan fingerprint density at radius 1 is 1.58 bits per heavy atom. The predicted octanol–water partition coefficient (Wildman–Crippen LogP) is 0.724. The molecule has 66 valence electrons. The van der Waals surface area contributed by atoms with Gasteiger partial charge in [0.05, 0.1) is 12.8 Å². The van der Waals surface area contributed by atoms with E-state index in [9.17, 15) is 0 Å². The summed E-state index contributed by atoms with van der Waals surface area (Å²) in [5.74, 6) is 0.557. The van der Waals surface area contributed by atoms with Crippen molar-refractivity contribution >= 4 is 0 Å². The largest absolute Gasteiger partial charge is 0.476 e. The van der Waals surface area contributed by atoms with Gasteiger partial charge in [0.2, 0.25) is 5.88 Å². The van der Waals surface area contributed by atoms with Crippen molar-refractivity contribution in [1.29, 1.82) is 0 Å². The van der Waals surface area contributed by atoms with Gasteiger partial charge in [0, 0.05) is 12.1 Å². The summed E-state index contributed by atoms with van der Waals surface area (Å²) in [7, 11) is 0. The predicted molar refractivity (Wildman–Crippen MR) is 45.7 cm³/mol. The van der Waals surface area contributed by atoms with Crippen LogP contribution in [-0.4, -0.2) is 16.8 Å². The van der Waals surface area contributed by atoms with Crippen molar-refractivity contribution < 1.29 is 4.74 Å². The van der Waals surface area contributed by atoms with E-state index >= 15 is 0 Å². The molecule has 1 heterocycles. The Bertz CT molecular complexity index is 239. The van der Waals surface area contributed by atoms with Gasteiger partial charge in [-0.3, -0.25) is 0 Å². The smallest absolute Gasteiger partial charge is 0.237 e. The quantitative estimate of drug-likeness (QED) is 0.718. The summed E-state index contributed by atoms with van der Waals surface area (Å²) in [6, 6.07) is 1.82. The van der Waals surface area contributed by atoms with E-state index in [4.69, 9.17) is 10.5 Å². The molecule has 1 rings (SSSR count). The highest BCUT2D eigenvalue weighted by molar-refractivity contribution is 5.22. The van der Waals surface area contributed by atoms with Gasteiger partial charge in [0.1, 0.15) is 0 Å². The molecule has 0 aliphatic carbocycles. The molecule has 0 spiro atoms. The number of hydrogen-bond acceptors (Lipinski definition) is 4. The molecular weight excluding hydrogens is 154 g/mol. The molecule has 0 amide bonds. The summed E-state index contributed by atoms with van der Waals surface area (Å²) in [4.78, 5) is 0. The Morgan fingerprint density at radius 2 is 2.42 bits per heavy atom. The standard InChI is InChI=1S/C8H13N3O/c1-2-5-12-8-7(6-9)3-4-10-11-8/h3-4H,2,5-6,9H2,1H3. The minimum absolute atomic E-state index is 0.439. The summed E-state index contributed by atoms with van der Waals surface area (Å²) in [6.45, 7) is 3.14. The molecule has 0 saturated heterocycles. The second kappa shape index (κ2) is 4.66. The minimum Gasteiger partial charge on any atom is -0.476 e. The molecule has 0 unspecified atom stereocenters. The average Bonchev–Trinajstić information content (AvgIpc) is 2.15. The normalized spacial score (nSPS) is 9.83. The van der Waals surface area contributed by atoms with Crippen molar-refractivity contribution in [1.82, 2.24) is 10.2 Å². The van der Waals surface area contributed by atoms with Gasteiger partial charge in [-0.1, -0.05) is 6.92 Å². The van der Waals surface area contributed by atoms with E-state index in [0.29, 0.717) is 19.0 Å². The first-order chi connectivity index (χ1) is 5.88. The molecule has 0 atom stereocenters. The summed E-state index contributed by atoms with van der Waals surface area (Å²) < 4.78 is 5.32. The van der Waals surface area contributed by atoms with Crippen molar-refractivity contribution in [2.24, 2.45) is 5.73 Å². The van der Waals surface area contributed by atoms with Crippen LogP contribution in [0.1, 0.15) is 18.9 Å². The highest BCUT2D eigenvalue weighted by atomic mass is 16.5. The fraction of sp³-hybridized carbons (Fsp3) is 0.500. The van der Waals surface area contributed by atoms with E-state index in [1.54, 1.807) is 6.20 Å². The molecule has 1 aromatic heterocycles. The van der Waals surface area contributed by atoms with E-state index in [0.717, 1.165) is 12.0 Å². The van der Waals surface area contributed by atoms with Crippen LogP contribution in [-0.2, 0) is 6.54 Å². The van der Waals surface area contributed by atoms with E-state index in [1.165, 1.54) is 0 Å². The lowest BCUT2D eigenvalue weighted by atomic mass is 10.3. The topological polar surface area (TPSA) is 61.0 Å². The lowest BCUT2D eigenvalue weighted by molar-refractivity contribution is 0.298. The van der Waals surface area contributed by atoms with Crippen molar-refractivity contribution in [3.05, 3.63) is 17.8 Å². The lowest BCUT2D eigenvalue weighted by Gasteiger charge is -2.05. The van der Waals surface area contributed by atoms with E-state index in [1.807, 2.05) is 13.0 Å². The second-order valence-corrected chi connectivity index (χ2v) is 2.41. The SMILES string of the molecule is CCCOc1nnccc1CN. The van der Waals surface area contributed by atoms with E-state index in [-0.39, 0.29) is 0 Å². The zero-order valence-electron chi connectivity index (χ0n) is 7.16. The van der Waals surface area contributed by atoms with Crippen molar-refractivity contribution in [3.63, 3.8) is 0 Å². The molecule has 4 heteroatoms. The fourth-order valence-corrected chi connectivity index (χ4v) is 0.820. The third kappa shape index (κ3) is 2.17. The Balaban J connectivity index is 2.68. The van der Waals surface area contributed by atoms with E-state index < -0.39 is 0 Å². The van der Waals surface area contributed by atoms with Crippen molar-refractivity contribution in [2.75, 3.05) is 6.61 Å². The van der Waals surface area contributed by atoms with Crippen LogP contribution in [0.3, 0.4) is 0 Å². The zero-order chi connectivity index (χ0) is 8.81. The summed E-state index contributed by atoms with van der Waals surface area (Å²) >= 11 is 0. The lowest BCUT2D eigenvalue weighted by Crippen LogP contribution is -2.05. The Morgan fingerprint density at radius 3 is 3.08 bits per heavy atom. The minimum atomic E-state index is 0.439. The number of nitrogens with two attached hydrogens (primary N) is 1. The van der Waals surface area contributed by atoms with E-state index in [2.05, 4.69) is 10.2 Å². The van der Waals surface area contributed by atoms with Gasteiger partial charge < -0.3 is 10.5 Å². The first-order valence-electron chi connectivity index (χ1n) is 4.02. The maximum absolute atomic E-state index is 5.47. The van der Waals surface area contributed by atoms with Crippen LogP contribution in [0.4, 0.5) is 0 Å². The number of hydrogen-bond donors (Lipinski definition) is 1. The summed E-state index contributed by atoms with van der Waals surface area (Å²) in [5, 5.41) is 7.55. The average molecular weight is 167 g/mol. The Kier molecular flexibility index (Phi) is 3.47. The Labute approximate surface area is 71.8 Å². The fourth-order valence-electron chi connectivity index (χ4n) is 0.820. The monoisotopic (exact) mass is 167 g/mol. The van der Waals surface area contributed by atoms with Gasteiger partial charge in [-0.05, 0) is 12.5 Å². The van der Waals surface area contributed by atoms with Gasteiger partial charge in [-0.2, -0.15) is 5.10 Å². The molecule has 1 aromatic rings. The number of nitrogens with zero attached hydrogens (tertiary/aromatic N) is 2. The van der Waals surface area contributed by atoms with Crippen LogP contribution >= 0.6 is 0 Å².